The van der Waals surface area contributed by atoms with E-state index in [0.29, 0.717) is 23.3 Å². The lowest BCUT2D eigenvalue weighted by Gasteiger charge is -2.22. The number of carbonyl (C=O) groups is 1. The minimum absolute atomic E-state index is 0.0632. The molecule has 3 heterocycles. The molecule has 3 aromatic rings. The number of aromatic nitrogens is 2. The number of sulfonamides is 1. The summed E-state index contributed by atoms with van der Waals surface area (Å²) in [6.07, 6.45) is 0.840. The monoisotopic (exact) mass is 484 g/mol. The molecule has 0 spiro atoms. The number of rotatable bonds is 5. The molecule has 12 heteroatoms. The average molecular weight is 485 g/mol. The zero-order valence-electron chi connectivity index (χ0n) is 14.7. The lowest BCUT2D eigenvalue weighted by molar-refractivity contribution is -0.119. The van der Waals surface area contributed by atoms with Crippen molar-refractivity contribution in [2.75, 3.05) is 11.9 Å². The molecule has 1 unspecified atom stereocenters. The number of nitrogens with zero attached hydrogens (tertiary/aromatic N) is 3. The maximum Gasteiger partial charge on any atom is 0.322 e. The van der Waals surface area contributed by atoms with Crippen LogP contribution in [0.3, 0.4) is 0 Å². The number of furan rings is 1. The minimum Gasteiger partial charge on any atom is -0.444 e. The summed E-state index contributed by atoms with van der Waals surface area (Å²) in [5.74, 6) is -0.765. The van der Waals surface area contributed by atoms with Crippen LogP contribution in [0.2, 0.25) is 0 Å². The number of hydrogen-bond acceptors (Lipinski definition) is 7. The largest absolute Gasteiger partial charge is 0.444 e. The van der Waals surface area contributed by atoms with E-state index in [9.17, 15) is 17.6 Å². The van der Waals surface area contributed by atoms with Gasteiger partial charge in [-0.2, -0.15) is 4.31 Å². The van der Waals surface area contributed by atoms with Gasteiger partial charge in [-0.25, -0.2) is 12.8 Å². The second-order valence-electron chi connectivity index (χ2n) is 6.23. The van der Waals surface area contributed by atoms with Crippen LogP contribution in [0.5, 0.6) is 0 Å². The molecule has 0 aliphatic carbocycles. The van der Waals surface area contributed by atoms with E-state index in [4.69, 9.17) is 8.83 Å². The molecule has 1 aliphatic rings. The van der Waals surface area contributed by atoms with Crippen molar-refractivity contribution < 1.29 is 26.4 Å². The molecule has 1 aliphatic heterocycles. The molecule has 1 saturated heterocycles. The van der Waals surface area contributed by atoms with Crippen molar-refractivity contribution in [1.82, 2.24) is 14.5 Å². The summed E-state index contributed by atoms with van der Waals surface area (Å²) in [7, 11) is -3.96. The van der Waals surface area contributed by atoms with E-state index in [-0.39, 0.29) is 23.3 Å². The predicted octanol–water partition coefficient (Wildman–Crippen LogP) is 3.02. The fourth-order valence-electron chi connectivity index (χ4n) is 3.02. The second kappa shape index (κ2) is 7.69. The van der Waals surface area contributed by atoms with Gasteiger partial charge in [0.1, 0.15) is 11.9 Å². The first-order chi connectivity index (χ1) is 13.8. The van der Waals surface area contributed by atoms with Crippen molar-refractivity contribution in [1.29, 1.82) is 0 Å². The SMILES string of the molecule is O=C(Nc1nnc(-c2ccc(Br)o2)o1)C1CCCN1S(=O)(=O)c1ccc(F)cc1. The lowest BCUT2D eigenvalue weighted by atomic mass is 10.2. The molecule has 4 rings (SSSR count). The van der Waals surface area contributed by atoms with Crippen molar-refractivity contribution in [3.05, 3.63) is 46.9 Å². The first-order valence-electron chi connectivity index (χ1n) is 8.52. The molecular weight excluding hydrogens is 471 g/mol. The van der Waals surface area contributed by atoms with Crippen LogP contribution in [0, 0.1) is 5.82 Å². The molecule has 0 radical (unpaired) electrons. The summed E-state index contributed by atoms with van der Waals surface area (Å²) in [6.45, 7) is 0.174. The summed E-state index contributed by atoms with van der Waals surface area (Å²) in [5, 5.41) is 9.97. The predicted molar refractivity (Wildman–Crippen MR) is 102 cm³/mol. The third-order valence-electron chi connectivity index (χ3n) is 4.37. The summed E-state index contributed by atoms with van der Waals surface area (Å²) in [6, 6.07) is 6.59. The van der Waals surface area contributed by atoms with Gasteiger partial charge in [0.15, 0.2) is 10.4 Å². The summed E-state index contributed by atoms with van der Waals surface area (Å²) in [5.41, 5.74) is 0. The van der Waals surface area contributed by atoms with E-state index >= 15 is 0 Å². The highest BCUT2D eigenvalue weighted by Gasteiger charge is 2.40. The van der Waals surface area contributed by atoms with E-state index in [1.165, 1.54) is 12.1 Å². The molecule has 29 heavy (non-hydrogen) atoms. The maximum absolute atomic E-state index is 13.1. The fraction of sp³-hybridized carbons (Fsp3) is 0.235. The number of halogens is 2. The number of carbonyl (C=O) groups excluding carboxylic acids is 1. The normalized spacial score (nSPS) is 17.5. The fourth-order valence-corrected chi connectivity index (χ4v) is 4.99. The molecule has 1 N–H and O–H groups in total. The Balaban J connectivity index is 1.51. The molecule has 2 aromatic heterocycles. The van der Waals surface area contributed by atoms with Gasteiger partial charge in [-0.1, -0.05) is 5.10 Å². The van der Waals surface area contributed by atoms with E-state index in [1.54, 1.807) is 12.1 Å². The smallest absolute Gasteiger partial charge is 0.322 e. The molecule has 152 valence electrons. The Bertz CT molecular complexity index is 1140. The van der Waals surface area contributed by atoms with Crippen molar-refractivity contribution in [3.8, 4) is 11.7 Å². The number of nitrogens with one attached hydrogen (secondary N) is 1. The zero-order chi connectivity index (χ0) is 20.6. The highest BCUT2D eigenvalue weighted by atomic mass is 79.9. The molecule has 1 fully saturated rings. The lowest BCUT2D eigenvalue weighted by Crippen LogP contribution is -2.43. The Labute approximate surface area is 173 Å². The second-order valence-corrected chi connectivity index (χ2v) is 8.91. The number of benzene rings is 1. The Morgan fingerprint density at radius 3 is 2.62 bits per heavy atom. The molecule has 1 aromatic carbocycles. The van der Waals surface area contributed by atoms with Gasteiger partial charge >= 0.3 is 6.01 Å². The van der Waals surface area contributed by atoms with Crippen molar-refractivity contribution in [2.45, 2.75) is 23.8 Å². The third kappa shape index (κ3) is 3.95. The van der Waals surface area contributed by atoms with E-state index in [1.807, 2.05) is 0 Å². The standard InChI is InChI=1S/C17H14BrFN4O5S/c18-14-8-7-13(27-14)16-21-22-17(28-16)20-15(24)12-2-1-9-23(12)29(25,26)11-5-3-10(19)4-6-11/h3-8,12H,1-2,9H2,(H,20,22,24). The Kier molecular flexibility index (Phi) is 5.23. The Morgan fingerprint density at radius 1 is 1.17 bits per heavy atom. The van der Waals surface area contributed by atoms with Gasteiger partial charge in [0.2, 0.25) is 15.9 Å². The van der Waals surface area contributed by atoms with Gasteiger partial charge < -0.3 is 8.83 Å². The van der Waals surface area contributed by atoms with Gasteiger partial charge in [-0.05, 0) is 65.2 Å². The van der Waals surface area contributed by atoms with Gasteiger partial charge in [0, 0.05) is 6.54 Å². The quantitative estimate of drug-likeness (QED) is 0.590. The summed E-state index contributed by atoms with van der Waals surface area (Å²) < 4.78 is 51.1. The van der Waals surface area contributed by atoms with Crippen LogP contribution < -0.4 is 5.32 Å². The van der Waals surface area contributed by atoms with Gasteiger partial charge in [-0.15, -0.1) is 5.10 Å². The Hall–Kier alpha value is -2.57. The van der Waals surface area contributed by atoms with Crippen LogP contribution in [0.25, 0.3) is 11.7 Å². The van der Waals surface area contributed by atoms with Gasteiger partial charge in [0.05, 0.1) is 4.90 Å². The third-order valence-corrected chi connectivity index (χ3v) is 6.71. The van der Waals surface area contributed by atoms with Crippen LogP contribution in [-0.2, 0) is 14.8 Å². The molecule has 9 nitrogen and oxygen atoms in total. The van der Waals surface area contributed by atoms with E-state index < -0.39 is 27.8 Å². The van der Waals surface area contributed by atoms with E-state index in [0.717, 1.165) is 16.4 Å². The van der Waals surface area contributed by atoms with Crippen molar-refractivity contribution >= 4 is 37.9 Å². The van der Waals surface area contributed by atoms with Crippen molar-refractivity contribution in [2.24, 2.45) is 0 Å². The average Bonchev–Trinajstić information content (AvgIpc) is 3.42. The maximum atomic E-state index is 13.1. The topological polar surface area (TPSA) is 119 Å². The van der Waals surface area contributed by atoms with Crippen LogP contribution in [0.15, 0.2) is 54.8 Å². The molecule has 1 atom stereocenters. The van der Waals surface area contributed by atoms with Crippen LogP contribution in [0.4, 0.5) is 10.4 Å². The number of amides is 1. The van der Waals surface area contributed by atoms with Gasteiger partial charge in [0.25, 0.3) is 5.89 Å². The van der Waals surface area contributed by atoms with E-state index in [2.05, 4.69) is 31.4 Å². The molecular formula is C17H14BrFN4O5S. The first kappa shape index (κ1) is 19.7. The first-order valence-corrected chi connectivity index (χ1v) is 10.8. The van der Waals surface area contributed by atoms with Crippen LogP contribution in [-0.4, -0.2) is 41.4 Å². The summed E-state index contributed by atoms with van der Waals surface area (Å²) >= 11 is 3.16. The molecule has 1 amide bonds. The Morgan fingerprint density at radius 2 is 1.93 bits per heavy atom. The van der Waals surface area contributed by atoms with Crippen molar-refractivity contribution in [3.63, 3.8) is 0 Å². The minimum atomic E-state index is -3.96. The van der Waals surface area contributed by atoms with Crippen LogP contribution >= 0.6 is 15.9 Å². The molecule has 0 bridgehead atoms. The summed E-state index contributed by atoms with van der Waals surface area (Å²) in [4.78, 5) is 12.6. The zero-order valence-corrected chi connectivity index (χ0v) is 17.1. The number of anilines is 1. The van der Waals surface area contributed by atoms with Crippen LogP contribution in [0.1, 0.15) is 12.8 Å². The molecule has 0 saturated carbocycles. The highest BCUT2D eigenvalue weighted by molar-refractivity contribution is 9.10. The van der Waals surface area contributed by atoms with Gasteiger partial charge in [-0.3, -0.25) is 10.1 Å². The number of hydrogen-bond donors (Lipinski definition) is 1. The highest BCUT2D eigenvalue weighted by Crippen LogP contribution is 2.28.